The van der Waals surface area contributed by atoms with Gasteiger partial charge in [0.1, 0.15) is 0 Å². The normalized spacial score (nSPS) is 11.8. The van der Waals surface area contributed by atoms with Crippen LogP contribution in [0.5, 0.6) is 0 Å². The number of nitrogens with zero attached hydrogens (tertiary/aromatic N) is 1. The third-order valence-corrected chi connectivity index (χ3v) is 3.55. The monoisotopic (exact) mass is 304 g/mol. The molecule has 22 heavy (non-hydrogen) atoms. The van der Waals surface area contributed by atoms with Crippen molar-refractivity contribution < 1.29 is 5.11 Å². The van der Waals surface area contributed by atoms with Gasteiger partial charge in [-0.15, -0.1) is 0 Å². The summed E-state index contributed by atoms with van der Waals surface area (Å²) in [6, 6.07) is 7.42. The smallest absolute Gasteiger partial charge is 0.272 e. The number of anilines is 1. The summed E-state index contributed by atoms with van der Waals surface area (Å²) in [4.78, 5) is 11.7. The lowest BCUT2D eigenvalue weighted by Gasteiger charge is -2.21. The van der Waals surface area contributed by atoms with Crippen molar-refractivity contribution in [3.63, 3.8) is 0 Å². The molecule has 1 aromatic carbocycles. The van der Waals surface area contributed by atoms with Gasteiger partial charge >= 0.3 is 0 Å². The highest BCUT2D eigenvalue weighted by molar-refractivity contribution is 5.90. The van der Waals surface area contributed by atoms with E-state index in [9.17, 15) is 9.90 Å². The molecule has 6 heteroatoms. The van der Waals surface area contributed by atoms with Crippen LogP contribution in [0.1, 0.15) is 20.3 Å². The maximum Gasteiger partial charge on any atom is 0.272 e. The molecule has 0 fully saturated rings. The number of aromatic nitrogens is 2. The van der Waals surface area contributed by atoms with Gasteiger partial charge in [-0.25, -0.2) is 5.10 Å². The van der Waals surface area contributed by atoms with Crippen LogP contribution >= 0.6 is 0 Å². The second-order valence-electron chi connectivity index (χ2n) is 6.23. The van der Waals surface area contributed by atoms with Gasteiger partial charge in [0.05, 0.1) is 5.39 Å². The quantitative estimate of drug-likeness (QED) is 0.553. The fourth-order valence-electron chi connectivity index (χ4n) is 2.15. The Morgan fingerprint density at radius 3 is 2.68 bits per heavy atom. The molecule has 0 aliphatic heterocycles. The lowest BCUT2D eigenvalue weighted by Crippen LogP contribution is -2.33. The van der Waals surface area contributed by atoms with Crippen molar-refractivity contribution >= 4 is 16.6 Å². The second-order valence-corrected chi connectivity index (χ2v) is 6.23. The van der Waals surface area contributed by atoms with Gasteiger partial charge in [0.2, 0.25) is 0 Å². The fraction of sp³-hybridized carbons (Fsp3) is 0.500. The van der Waals surface area contributed by atoms with Crippen molar-refractivity contribution in [3.8, 4) is 0 Å². The summed E-state index contributed by atoms with van der Waals surface area (Å²) in [6.07, 6.45) is 0.927. The molecule has 4 N–H and O–H groups in total. The van der Waals surface area contributed by atoms with Gasteiger partial charge in [0.15, 0.2) is 5.82 Å². The van der Waals surface area contributed by atoms with Crippen LogP contribution in [-0.2, 0) is 0 Å². The van der Waals surface area contributed by atoms with Crippen LogP contribution < -0.4 is 16.2 Å². The first kappa shape index (κ1) is 16.5. The van der Waals surface area contributed by atoms with Crippen LogP contribution in [0.4, 0.5) is 5.82 Å². The second kappa shape index (κ2) is 7.38. The van der Waals surface area contributed by atoms with E-state index < -0.39 is 0 Å². The van der Waals surface area contributed by atoms with Gasteiger partial charge in [-0.1, -0.05) is 32.0 Å². The summed E-state index contributed by atoms with van der Waals surface area (Å²) in [6.45, 7) is 6.62. The standard InChI is InChI=1S/C16H24N4O2/c1-16(2,11-21)10-17-8-5-9-18-14-12-6-3-4-7-13(12)15(22)20-19-14/h3-4,6-7,17,21H,5,8-11H2,1-2H3,(H,18,19)(H,20,22). The van der Waals surface area contributed by atoms with E-state index in [1.54, 1.807) is 6.07 Å². The molecule has 0 spiro atoms. The van der Waals surface area contributed by atoms with Crippen molar-refractivity contribution in [2.45, 2.75) is 20.3 Å². The first-order chi connectivity index (χ1) is 10.5. The summed E-state index contributed by atoms with van der Waals surface area (Å²) < 4.78 is 0. The molecule has 1 aromatic heterocycles. The number of fused-ring (bicyclic) bond motifs is 1. The van der Waals surface area contributed by atoms with Gasteiger partial charge in [-0.05, 0) is 19.0 Å². The molecule has 120 valence electrons. The largest absolute Gasteiger partial charge is 0.396 e. The number of aliphatic hydroxyl groups excluding tert-OH is 1. The first-order valence-electron chi connectivity index (χ1n) is 7.56. The Balaban J connectivity index is 1.83. The molecule has 0 aliphatic carbocycles. The van der Waals surface area contributed by atoms with Crippen LogP contribution in [0.15, 0.2) is 29.1 Å². The van der Waals surface area contributed by atoms with E-state index in [-0.39, 0.29) is 17.6 Å². The van der Waals surface area contributed by atoms with Crippen molar-refractivity contribution in [1.29, 1.82) is 0 Å². The van der Waals surface area contributed by atoms with Crippen molar-refractivity contribution in [3.05, 3.63) is 34.6 Å². The summed E-state index contributed by atoms with van der Waals surface area (Å²) in [5, 5.41) is 23.8. The minimum Gasteiger partial charge on any atom is -0.396 e. The molecule has 0 amide bonds. The number of rotatable bonds is 8. The average Bonchev–Trinajstić information content (AvgIpc) is 2.53. The molecule has 0 saturated carbocycles. The Kier molecular flexibility index (Phi) is 5.51. The van der Waals surface area contributed by atoms with Crippen LogP contribution in [-0.4, -0.2) is 41.5 Å². The predicted molar refractivity (Wildman–Crippen MR) is 89.2 cm³/mol. The molecule has 0 bridgehead atoms. The fourth-order valence-corrected chi connectivity index (χ4v) is 2.15. The van der Waals surface area contributed by atoms with Crippen LogP contribution in [0, 0.1) is 5.41 Å². The number of aromatic amines is 1. The molecule has 6 nitrogen and oxygen atoms in total. The third kappa shape index (κ3) is 4.29. The lowest BCUT2D eigenvalue weighted by atomic mass is 9.95. The Bertz CT molecular complexity index is 666. The van der Waals surface area contributed by atoms with E-state index in [1.165, 1.54) is 0 Å². The summed E-state index contributed by atoms with van der Waals surface area (Å²) in [5.74, 6) is 0.700. The Morgan fingerprint density at radius 1 is 1.23 bits per heavy atom. The molecule has 2 aromatic rings. The maximum absolute atomic E-state index is 11.7. The number of benzene rings is 1. The van der Waals surface area contributed by atoms with E-state index >= 15 is 0 Å². The van der Waals surface area contributed by atoms with Gasteiger partial charge in [-0.2, -0.15) is 5.10 Å². The Morgan fingerprint density at radius 2 is 1.95 bits per heavy atom. The number of hydrogen-bond acceptors (Lipinski definition) is 5. The highest BCUT2D eigenvalue weighted by Gasteiger charge is 2.14. The van der Waals surface area contributed by atoms with Crippen LogP contribution in [0.2, 0.25) is 0 Å². The molecule has 1 heterocycles. The molecule has 0 atom stereocenters. The predicted octanol–water partition coefficient (Wildman–Crippen LogP) is 1.33. The molecule has 0 aliphatic rings. The van der Waals surface area contributed by atoms with Gasteiger partial charge in [0.25, 0.3) is 5.56 Å². The zero-order chi connectivity index (χ0) is 16.0. The number of H-pyrrole nitrogens is 1. The summed E-state index contributed by atoms with van der Waals surface area (Å²) in [7, 11) is 0. The minimum atomic E-state index is -0.172. The molecule has 0 unspecified atom stereocenters. The SMILES string of the molecule is CC(C)(CO)CNCCCNc1n[nH]c(=O)c2ccccc12. The number of aliphatic hydroxyl groups is 1. The highest BCUT2D eigenvalue weighted by Crippen LogP contribution is 2.16. The molecular formula is C16H24N4O2. The minimum absolute atomic E-state index is 0.0932. The van der Waals surface area contributed by atoms with Gasteiger partial charge < -0.3 is 15.7 Å². The topological polar surface area (TPSA) is 90.0 Å². The Hall–Kier alpha value is -1.92. The van der Waals surface area contributed by atoms with Crippen LogP contribution in [0.25, 0.3) is 10.8 Å². The van der Waals surface area contributed by atoms with E-state index in [0.717, 1.165) is 31.4 Å². The molecular weight excluding hydrogens is 280 g/mol. The summed E-state index contributed by atoms with van der Waals surface area (Å²) >= 11 is 0. The van der Waals surface area contributed by atoms with Crippen LogP contribution in [0.3, 0.4) is 0 Å². The average molecular weight is 304 g/mol. The summed E-state index contributed by atoms with van der Waals surface area (Å²) in [5.41, 5.74) is -0.265. The van der Waals surface area contributed by atoms with E-state index in [1.807, 2.05) is 32.0 Å². The number of hydrogen-bond donors (Lipinski definition) is 4. The van der Waals surface area contributed by atoms with Crippen molar-refractivity contribution in [2.24, 2.45) is 5.41 Å². The molecule has 0 radical (unpaired) electrons. The van der Waals surface area contributed by atoms with E-state index in [2.05, 4.69) is 20.8 Å². The zero-order valence-electron chi connectivity index (χ0n) is 13.1. The number of nitrogens with one attached hydrogen (secondary N) is 3. The zero-order valence-corrected chi connectivity index (χ0v) is 13.1. The van der Waals surface area contributed by atoms with E-state index in [4.69, 9.17) is 0 Å². The molecule has 2 rings (SSSR count). The maximum atomic E-state index is 11.7. The Labute approximate surface area is 129 Å². The highest BCUT2D eigenvalue weighted by atomic mass is 16.3. The van der Waals surface area contributed by atoms with E-state index in [0.29, 0.717) is 11.2 Å². The van der Waals surface area contributed by atoms with Gasteiger partial charge in [0, 0.05) is 30.5 Å². The van der Waals surface area contributed by atoms with Crippen molar-refractivity contribution in [1.82, 2.24) is 15.5 Å². The van der Waals surface area contributed by atoms with Crippen molar-refractivity contribution in [2.75, 3.05) is 31.6 Å². The third-order valence-electron chi connectivity index (χ3n) is 3.55. The van der Waals surface area contributed by atoms with Gasteiger partial charge in [-0.3, -0.25) is 4.79 Å². The molecule has 0 saturated heterocycles. The first-order valence-corrected chi connectivity index (χ1v) is 7.56. The lowest BCUT2D eigenvalue weighted by molar-refractivity contribution is 0.157.